The van der Waals surface area contributed by atoms with Crippen molar-refractivity contribution in [3.8, 4) is 0 Å². The fraction of sp³-hybridized carbons (Fsp3) is 0.571. The number of hydrogen-bond donors (Lipinski definition) is 2. The fourth-order valence-corrected chi connectivity index (χ4v) is 2.02. The number of anilines is 1. The number of hydrazine groups is 1. The Morgan fingerprint density at radius 1 is 1.47 bits per heavy atom. The Labute approximate surface area is 115 Å². The first-order chi connectivity index (χ1) is 8.97. The monoisotopic (exact) mass is 264 g/mol. The van der Waals surface area contributed by atoms with Crippen molar-refractivity contribution < 1.29 is 4.79 Å². The lowest BCUT2D eigenvalue weighted by Gasteiger charge is -2.20. The molecule has 1 amide bonds. The zero-order valence-electron chi connectivity index (χ0n) is 12.2. The SMILES string of the molecule is CCCc1cc(C(=O)N(C)CC(C)C)cc(NN)n1. The quantitative estimate of drug-likeness (QED) is 0.609. The maximum Gasteiger partial charge on any atom is 0.253 e. The topological polar surface area (TPSA) is 71.2 Å². The van der Waals surface area contributed by atoms with Crippen molar-refractivity contribution in [1.29, 1.82) is 0 Å². The second-order valence-corrected chi connectivity index (χ2v) is 5.21. The van der Waals surface area contributed by atoms with E-state index in [9.17, 15) is 4.79 Å². The van der Waals surface area contributed by atoms with Crippen LogP contribution < -0.4 is 11.3 Å². The average molecular weight is 264 g/mol. The number of carbonyl (C=O) groups is 1. The molecule has 0 unspecified atom stereocenters. The van der Waals surface area contributed by atoms with Crippen LogP contribution in [-0.2, 0) is 6.42 Å². The van der Waals surface area contributed by atoms with Gasteiger partial charge in [-0.25, -0.2) is 10.8 Å². The van der Waals surface area contributed by atoms with Crippen LogP contribution in [0.4, 0.5) is 5.82 Å². The van der Waals surface area contributed by atoms with Crippen LogP contribution in [-0.4, -0.2) is 29.4 Å². The van der Waals surface area contributed by atoms with Gasteiger partial charge < -0.3 is 10.3 Å². The van der Waals surface area contributed by atoms with Crippen LogP contribution >= 0.6 is 0 Å². The molecule has 0 saturated carbocycles. The molecular formula is C14H24N4O. The average Bonchev–Trinajstić information content (AvgIpc) is 2.37. The Kier molecular flexibility index (Phi) is 5.76. The van der Waals surface area contributed by atoms with Gasteiger partial charge in [0, 0.05) is 24.8 Å². The maximum absolute atomic E-state index is 12.3. The first kappa shape index (κ1) is 15.4. The summed E-state index contributed by atoms with van der Waals surface area (Å²) in [5.41, 5.74) is 4.04. The zero-order valence-corrected chi connectivity index (χ0v) is 12.2. The maximum atomic E-state index is 12.3. The van der Waals surface area contributed by atoms with Crippen molar-refractivity contribution in [1.82, 2.24) is 9.88 Å². The van der Waals surface area contributed by atoms with E-state index in [0.29, 0.717) is 17.3 Å². The van der Waals surface area contributed by atoms with Crippen molar-refractivity contribution in [2.45, 2.75) is 33.6 Å². The third-order valence-electron chi connectivity index (χ3n) is 2.77. The molecule has 0 atom stereocenters. The number of amides is 1. The molecule has 0 aliphatic carbocycles. The first-order valence-electron chi connectivity index (χ1n) is 6.71. The van der Waals surface area contributed by atoms with Crippen molar-refractivity contribution >= 4 is 11.7 Å². The van der Waals surface area contributed by atoms with Gasteiger partial charge in [-0.2, -0.15) is 0 Å². The number of rotatable bonds is 6. The molecule has 19 heavy (non-hydrogen) atoms. The minimum Gasteiger partial charge on any atom is -0.341 e. The van der Waals surface area contributed by atoms with Gasteiger partial charge in [0.15, 0.2) is 0 Å². The standard InChI is InChI=1S/C14H24N4O/c1-5-6-12-7-11(8-13(16-12)17-15)14(19)18(4)9-10(2)3/h7-8,10H,5-6,9,15H2,1-4H3,(H,16,17). The molecule has 1 aromatic rings. The minimum absolute atomic E-state index is 0.00459. The van der Waals surface area contributed by atoms with E-state index < -0.39 is 0 Å². The van der Waals surface area contributed by atoms with Gasteiger partial charge in [0.05, 0.1) is 0 Å². The Morgan fingerprint density at radius 3 is 2.68 bits per heavy atom. The van der Waals surface area contributed by atoms with E-state index in [1.807, 2.05) is 13.1 Å². The largest absolute Gasteiger partial charge is 0.341 e. The molecule has 0 spiro atoms. The molecular weight excluding hydrogens is 240 g/mol. The zero-order chi connectivity index (χ0) is 14.4. The van der Waals surface area contributed by atoms with Crippen molar-refractivity contribution in [3.63, 3.8) is 0 Å². The van der Waals surface area contributed by atoms with E-state index in [0.717, 1.165) is 25.1 Å². The van der Waals surface area contributed by atoms with Gasteiger partial charge in [-0.1, -0.05) is 27.2 Å². The van der Waals surface area contributed by atoms with Crippen LogP contribution in [0.5, 0.6) is 0 Å². The summed E-state index contributed by atoms with van der Waals surface area (Å²) in [6.45, 7) is 6.99. The first-order valence-corrected chi connectivity index (χ1v) is 6.71. The van der Waals surface area contributed by atoms with Crippen LogP contribution in [0.2, 0.25) is 0 Å². The van der Waals surface area contributed by atoms with Gasteiger partial charge in [-0.15, -0.1) is 0 Å². The predicted octanol–water partition coefficient (Wildman–Crippen LogP) is 2.05. The molecule has 3 N–H and O–H groups in total. The van der Waals surface area contributed by atoms with Gasteiger partial charge in [-0.05, 0) is 24.5 Å². The molecule has 0 bridgehead atoms. The fourth-order valence-electron chi connectivity index (χ4n) is 2.02. The van der Waals surface area contributed by atoms with Gasteiger partial charge in [0.25, 0.3) is 5.91 Å². The summed E-state index contributed by atoms with van der Waals surface area (Å²) in [4.78, 5) is 18.4. The molecule has 1 heterocycles. The summed E-state index contributed by atoms with van der Waals surface area (Å²) in [7, 11) is 1.82. The van der Waals surface area contributed by atoms with Crippen LogP contribution in [0.25, 0.3) is 0 Å². The smallest absolute Gasteiger partial charge is 0.253 e. The van der Waals surface area contributed by atoms with E-state index in [2.05, 4.69) is 31.2 Å². The molecule has 0 aliphatic heterocycles. The molecule has 1 aromatic heterocycles. The second-order valence-electron chi connectivity index (χ2n) is 5.21. The molecule has 5 nitrogen and oxygen atoms in total. The highest BCUT2D eigenvalue weighted by atomic mass is 16.2. The Balaban J connectivity index is 2.97. The van der Waals surface area contributed by atoms with E-state index in [4.69, 9.17) is 5.84 Å². The predicted molar refractivity (Wildman–Crippen MR) is 77.8 cm³/mol. The van der Waals surface area contributed by atoms with Crippen molar-refractivity contribution in [2.75, 3.05) is 19.0 Å². The number of pyridine rings is 1. The van der Waals surface area contributed by atoms with E-state index in [-0.39, 0.29) is 5.91 Å². The molecule has 1 rings (SSSR count). The van der Waals surface area contributed by atoms with Crippen molar-refractivity contribution in [3.05, 3.63) is 23.4 Å². The Bertz CT molecular complexity index is 431. The number of nitrogen functional groups attached to an aromatic ring is 1. The summed E-state index contributed by atoms with van der Waals surface area (Å²) < 4.78 is 0. The van der Waals surface area contributed by atoms with Crippen LogP contribution in [0, 0.1) is 5.92 Å². The van der Waals surface area contributed by atoms with Crippen LogP contribution in [0.3, 0.4) is 0 Å². The summed E-state index contributed by atoms with van der Waals surface area (Å²) >= 11 is 0. The van der Waals surface area contributed by atoms with Gasteiger partial charge in [0.2, 0.25) is 0 Å². The number of aromatic nitrogens is 1. The van der Waals surface area contributed by atoms with Crippen LogP contribution in [0.1, 0.15) is 43.2 Å². The normalized spacial score (nSPS) is 10.6. The molecule has 0 fully saturated rings. The van der Waals surface area contributed by atoms with Crippen molar-refractivity contribution in [2.24, 2.45) is 11.8 Å². The molecule has 0 aromatic carbocycles. The lowest BCUT2D eigenvalue weighted by molar-refractivity contribution is 0.0779. The third-order valence-corrected chi connectivity index (χ3v) is 2.77. The highest BCUT2D eigenvalue weighted by molar-refractivity contribution is 5.94. The summed E-state index contributed by atoms with van der Waals surface area (Å²) in [5, 5.41) is 0. The molecule has 0 saturated heterocycles. The highest BCUT2D eigenvalue weighted by Gasteiger charge is 2.15. The number of nitrogens with zero attached hydrogens (tertiary/aromatic N) is 2. The minimum atomic E-state index is 0.00459. The third kappa shape index (κ3) is 4.52. The number of nitrogens with two attached hydrogens (primary N) is 1. The van der Waals surface area contributed by atoms with Gasteiger partial charge in [-0.3, -0.25) is 4.79 Å². The summed E-state index contributed by atoms with van der Waals surface area (Å²) in [6, 6.07) is 3.54. The van der Waals surface area contributed by atoms with E-state index in [1.54, 1.807) is 11.0 Å². The highest BCUT2D eigenvalue weighted by Crippen LogP contribution is 2.14. The lowest BCUT2D eigenvalue weighted by atomic mass is 10.1. The Morgan fingerprint density at radius 2 is 2.16 bits per heavy atom. The summed E-state index contributed by atoms with van der Waals surface area (Å²) in [5.74, 6) is 6.39. The van der Waals surface area contributed by atoms with Gasteiger partial charge >= 0.3 is 0 Å². The molecule has 5 heteroatoms. The molecule has 0 radical (unpaired) electrons. The second kappa shape index (κ2) is 7.09. The molecule has 0 aliphatic rings. The van der Waals surface area contributed by atoms with E-state index in [1.165, 1.54) is 0 Å². The van der Waals surface area contributed by atoms with E-state index >= 15 is 0 Å². The molecule has 106 valence electrons. The van der Waals surface area contributed by atoms with Gasteiger partial charge in [0.1, 0.15) is 5.82 Å². The number of carbonyl (C=O) groups excluding carboxylic acids is 1. The lowest BCUT2D eigenvalue weighted by Crippen LogP contribution is -2.30. The Hall–Kier alpha value is -1.62. The van der Waals surface area contributed by atoms with Crippen LogP contribution in [0.15, 0.2) is 12.1 Å². The number of hydrogen-bond acceptors (Lipinski definition) is 4. The number of nitrogens with one attached hydrogen (secondary N) is 1. The number of aryl methyl sites for hydroxylation is 1. The summed E-state index contributed by atoms with van der Waals surface area (Å²) in [6.07, 6.45) is 1.82.